The fraction of sp³-hybridized carbons (Fsp3) is 0.0952. The van der Waals surface area contributed by atoms with E-state index in [0.29, 0.717) is 0 Å². The molecule has 2 nitrogen and oxygen atoms in total. The maximum absolute atomic E-state index is 4.33. The van der Waals surface area contributed by atoms with Crippen LogP contribution in [0.5, 0.6) is 0 Å². The Morgan fingerprint density at radius 1 is 0.822 bits per heavy atom. The molecular formula is C42H43BN2. The van der Waals surface area contributed by atoms with Crippen LogP contribution >= 0.6 is 0 Å². The lowest BCUT2D eigenvalue weighted by Crippen LogP contribution is -2.03. The Bertz CT molecular complexity index is 1690. The molecule has 0 spiro atoms. The Labute approximate surface area is 271 Å². The molecule has 0 saturated heterocycles. The largest absolute Gasteiger partial charge is 0.382 e. The van der Waals surface area contributed by atoms with Gasteiger partial charge in [0.05, 0.1) is 0 Å². The minimum Gasteiger partial charge on any atom is -0.382 e. The molecule has 0 bridgehead atoms. The van der Waals surface area contributed by atoms with E-state index in [1.165, 1.54) is 22.3 Å². The molecule has 3 aromatic carbocycles. The Morgan fingerprint density at radius 2 is 1.62 bits per heavy atom. The van der Waals surface area contributed by atoms with Crippen molar-refractivity contribution in [2.45, 2.75) is 19.3 Å². The predicted molar refractivity (Wildman–Crippen MR) is 202 cm³/mol. The van der Waals surface area contributed by atoms with Crippen molar-refractivity contribution >= 4 is 31.4 Å². The van der Waals surface area contributed by atoms with E-state index in [2.05, 4.69) is 135 Å². The van der Waals surface area contributed by atoms with Crippen molar-refractivity contribution in [2.75, 3.05) is 17.2 Å². The molecule has 3 heteroatoms. The second-order valence-corrected chi connectivity index (χ2v) is 10.9. The molecule has 2 N–H and O–H groups in total. The lowest BCUT2D eigenvalue weighted by Gasteiger charge is -2.15. The quantitative estimate of drug-likeness (QED) is 0.137. The standard InChI is InChI=1S/C42H43BN2/c1-4-5-7-26-42(45-40-30-29-37-20-12-13-21-38(37)32-40)34(3)28-27-33(2)41(43)25-15-14-19-35-17-10-11-18-36(35)22-16-31-44-39-23-8-6-9-24-39/h4-11,13-18,21-30,32,44-45H,1-3,12,19-20,31,43H2/b7-5-,15-14+,22-16-,28-27-,41-25-,42-26-. The van der Waals surface area contributed by atoms with Gasteiger partial charge in [0.2, 0.25) is 0 Å². The van der Waals surface area contributed by atoms with Gasteiger partial charge in [0.15, 0.2) is 0 Å². The van der Waals surface area contributed by atoms with Crippen LogP contribution in [0.3, 0.4) is 0 Å². The van der Waals surface area contributed by atoms with Crippen molar-refractivity contribution in [1.82, 2.24) is 0 Å². The number of allylic oxidation sites excluding steroid dienone is 12. The van der Waals surface area contributed by atoms with Gasteiger partial charge in [0.25, 0.3) is 0 Å². The third kappa shape index (κ3) is 10.7. The maximum Gasteiger partial charge on any atom is 0.140 e. The summed E-state index contributed by atoms with van der Waals surface area (Å²) in [4.78, 5) is 0. The number of para-hydroxylation sites is 1. The highest BCUT2D eigenvalue weighted by Gasteiger charge is 2.07. The number of fused-ring (bicyclic) bond motifs is 1. The van der Waals surface area contributed by atoms with E-state index in [4.69, 9.17) is 0 Å². The molecule has 0 radical (unpaired) electrons. The van der Waals surface area contributed by atoms with E-state index in [1.54, 1.807) is 6.08 Å². The molecule has 0 unspecified atom stereocenters. The van der Waals surface area contributed by atoms with Crippen LogP contribution in [-0.2, 0) is 12.8 Å². The molecule has 45 heavy (non-hydrogen) atoms. The topological polar surface area (TPSA) is 24.1 Å². The van der Waals surface area contributed by atoms with Gasteiger partial charge in [-0.3, -0.25) is 0 Å². The van der Waals surface area contributed by atoms with E-state index < -0.39 is 0 Å². The summed E-state index contributed by atoms with van der Waals surface area (Å²) in [5, 5.41) is 6.98. The number of benzene rings is 3. The van der Waals surface area contributed by atoms with Crippen LogP contribution in [0, 0.1) is 0 Å². The van der Waals surface area contributed by atoms with Gasteiger partial charge >= 0.3 is 0 Å². The van der Waals surface area contributed by atoms with Crippen LogP contribution < -0.4 is 10.6 Å². The summed E-state index contributed by atoms with van der Waals surface area (Å²) >= 11 is 0. The van der Waals surface area contributed by atoms with Crippen LogP contribution in [-0.4, -0.2) is 14.4 Å². The monoisotopic (exact) mass is 586 g/mol. The van der Waals surface area contributed by atoms with Gasteiger partial charge in [-0.2, -0.15) is 0 Å². The van der Waals surface area contributed by atoms with Crippen molar-refractivity contribution in [1.29, 1.82) is 0 Å². The molecule has 0 amide bonds. The van der Waals surface area contributed by atoms with Gasteiger partial charge in [-0.1, -0.05) is 147 Å². The summed E-state index contributed by atoms with van der Waals surface area (Å²) < 4.78 is 0. The van der Waals surface area contributed by atoms with Gasteiger partial charge in [-0.15, -0.1) is 0 Å². The van der Waals surface area contributed by atoms with Gasteiger partial charge in [-0.05, 0) is 83.0 Å². The van der Waals surface area contributed by atoms with Crippen LogP contribution in [0.1, 0.15) is 28.7 Å². The molecule has 3 aromatic rings. The summed E-state index contributed by atoms with van der Waals surface area (Å²) in [5.41, 5.74) is 11.2. The smallest absolute Gasteiger partial charge is 0.140 e. The zero-order valence-corrected chi connectivity index (χ0v) is 26.4. The molecular weight excluding hydrogens is 543 g/mol. The second kappa shape index (κ2) is 17.7. The summed E-state index contributed by atoms with van der Waals surface area (Å²) in [6.45, 7) is 13.2. The lowest BCUT2D eigenvalue weighted by atomic mass is 9.88. The highest BCUT2D eigenvalue weighted by atomic mass is 14.9. The van der Waals surface area contributed by atoms with Gasteiger partial charge in [-0.25, -0.2) is 0 Å². The van der Waals surface area contributed by atoms with E-state index in [0.717, 1.165) is 59.5 Å². The van der Waals surface area contributed by atoms with Crippen LogP contribution in [0.4, 0.5) is 11.4 Å². The first-order valence-corrected chi connectivity index (χ1v) is 15.5. The summed E-state index contributed by atoms with van der Waals surface area (Å²) in [5.74, 6) is 0. The summed E-state index contributed by atoms with van der Waals surface area (Å²) in [7, 11) is 2.08. The first-order valence-electron chi connectivity index (χ1n) is 15.5. The molecule has 0 atom stereocenters. The molecule has 0 saturated carbocycles. The van der Waals surface area contributed by atoms with E-state index in [1.807, 2.05) is 48.6 Å². The predicted octanol–water partition coefficient (Wildman–Crippen LogP) is 9.79. The minimum absolute atomic E-state index is 0.780. The highest BCUT2D eigenvalue weighted by molar-refractivity contribution is 6.24. The second-order valence-electron chi connectivity index (χ2n) is 10.9. The van der Waals surface area contributed by atoms with Crippen molar-refractivity contribution in [3.63, 3.8) is 0 Å². The number of nitrogens with one attached hydrogen (secondary N) is 2. The average molecular weight is 587 g/mol. The number of rotatable bonds is 15. The molecule has 1 aliphatic carbocycles. The average Bonchev–Trinajstić information content (AvgIpc) is 3.07. The Hall–Kier alpha value is -5.28. The van der Waals surface area contributed by atoms with Crippen molar-refractivity contribution in [2.24, 2.45) is 0 Å². The number of hydrogen-bond donors (Lipinski definition) is 2. The Kier molecular flexibility index (Phi) is 12.9. The number of hydrogen-bond acceptors (Lipinski definition) is 2. The van der Waals surface area contributed by atoms with Gasteiger partial charge in [0, 0.05) is 23.6 Å². The van der Waals surface area contributed by atoms with E-state index in [9.17, 15) is 0 Å². The minimum atomic E-state index is 0.780. The molecule has 0 fully saturated rings. The SMILES string of the molecule is B/C(=C\C=C\Cc1ccccc1/C=C\CNc1ccccc1)C(=C)/C=C\C(=C)/C(=C/C=C\C=C)Nc1ccc2c(c1)C=CCC2. The number of aryl methyl sites for hydroxylation is 1. The fourth-order valence-electron chi connectivity index (χ4n) is 4.86. The first-order chi connectivity index (χ1) is 22.0. The fourth-order valence-corrected chi connectivity index (χ4v) is 4.86. The zero-order chi connectivity index (χ0) is 31.7. The van der Waals surface area contributed by atoms with Gasteiger partial charge < -0.3 is 10.6 Å². The summed E-state index contributed by atoms with van der Waals surface area (Å²) in [6, 6.07) is 25.3. The molecule has 1 aliphatic rings. The third-order valence-electron chi connectivity index (χ3n) is 7.52. The van der Waals surface area contributed by atoms with E-state index in [-0.39, 0.29) is 0 Å². The maximum atomic E-state index is 4.33. The molecule has 224 valence electrons. The zero-order valence-electron chi connectivity index (χ0n) is 26.4. The molecule has 0 aliphatic heterocycles. The Balaban J connectivity index is 1.33. The van der Waals surface area contributed by atoms with Crippen molar-refractivity contribution in [3.05, 3.63) is 204 Å². The number of anilines is 2. The molecule has 4 rings (SSSR count). The molecule has 0 aromatic heterocycles. The molecule has 0 heterocycles. The highest BCUT2D eigenvalue weighted by Crippen LogP contribution is 2.25. The third-order valence-corrected chi connectivity index (χ3v) is 7.52. The lowest BCUT2D eigenvalue weighted by molar-refractivity contribution is 0.986. The van der Waals surface area contributed by atoms with Crippen LogP contribution in [0.15, 0.2) is 182 Å². The normalized spacial score (nSPS) is 13.5. The summed E-state index contributed by atoms with van der Waals surface area (Å²) in [6.07, 6.45) is 29.9. The van der Waals surface area contributed by atoms with Crippen molar-refractivity contribution in [3.8, 4) is 0 Å². The Morgan fingerprint density at radius 3 is 2.47 bits per heavy atom. The van der Waals surface area contributed by atoms with Gasteiger partial charge in [0.1, 0.15) is 7.85 Å². The van der Waals surface area contributed by atoms with Crippen LogP contribution in [0.25, 0.3) is 12.2 Å². The van der Waals surface area contributed by atoms with Crippen molar-refractivity contribution < 1.29 is 0 Å². The van der Waals surface area contributed by atoms with Crippen LogP contribution in [0.2, 0.25) is 0 Å². The van der Waals surface area contributed by atoms with E-state index >= 15 is 0 Å². The first kappa shape index (κ1) is 32.6.